The Kier molecular flexibility index (Phi) is 3.45. The van der Waals surface area contributed by atoms with Gasteiger partial charge in [-0.15, -0.1) is 11.3 Å². The van der Waals surface area contributed by atoms with Crippen LogP contribution in [-0.2, 0) is 9.47 Å². The largest absolute Gasteiger partial charge is 0.382 e. The summed E-state index contributed by atoms with van der Waals surface area (Å²) in [6.45, 7) is 3.21. The fourth-order valence-corrected chi connectivity index (χ4v) is 3.23. The topological polar surface area (TPSA) is 34.6 Å². The molecule has 0 spiro atoms. The molecule has 3 rings (SSSR count). The molecule has 3 heterocycles. The van der Waals surface area contributed by atoms with Crippen LogP contribution in [0.5, 0.6) is 0 Å². The van der Waals surface area contributed by atoms with Crippen LogP contribution in [-0.4, -0.2) is 44.5 Å². The number of anilines is 1. The fourth-order valence-electron chi connectivity index (χ4n) is 2.33. The molecule has 0 aliphatic carbocycles. The molecule has 0 saturated carbocycles. The van der Waals surface area contributed by atoms with Gasteiger partial charge in [0.2, 0.25) is 0 Å². The number of morpholine rings is 1. The van der Waals surface area contributed by atoms with Crippen LogP contribution < -0.4 is 4.90 Å². The van der Waals surface area contributed by atoms with Gasteiger partial charge in [0.25, 0.3) is 0 Å². The number of nitrogens with zero attached hydrogens (tertiary/aromatic N) is 2. The molecule has 1 saturated heterocycles. The number of rotatable bonds is 3. The minimum absolute atomic E-state index is 0.159. The molecule has 18 heavy (non-hydrogen) atoms. The van der Waals surface area contributed by atoms with E-state index in [9.17, 15) is 0 Å². The van der Waals surface area contributed by atoms with Gasteiger partial charge in [0, 0.05) is 26.4 Å². The first kappa shape index (κ1) is 11.9. The van der Waals surface area contributed by atoms with Crippen molar-refractivity contribution in [3.63, 3.8) is 0 Å². The molecule has 2 aromatic rings. The monoisotopic (exact) mass is 264 g/mol. The molecular weight excluding hydrogens is 248 g/mol. The Morgan fingerprint density at radius 1 is 1.56 bits per heavy atom. The number of ether oxygens (including phenoxy) is 2. The first-order valence-corrected chi connectivity index (χ1v) is 6.94. The van der Waals surface area contributed by atoms with Gasteiger partial charge in [-0.3, -0.25) is 4.98 Å². The Balaban J connectivity index is 1.87. The highest BCUT2D eigenvalue weighted by molar-refractivity contribution is 7.17. The molecule has 0 amide bonds. The number of pyridine rings is 1. The molecule has 4 nitrogen and oxygen atoms in total. The van der Waals surface area contributed by atoms with E-state index >= 15 is 0 Å². The highest BCUT2D eigenvalue weighted by Crippen LogP contribution is 2.30. The zero-order valence-corrected chi connectivity index (χ0v) is 11.2. The molecule has 1 atom stereocenters. The van der Waals surface area contributed by atoms with Gasteiger partial charge in [-0.2, -0.15) is 0 Å². The van der Waals surface area contributed by atoms with Crippen LogP contribution >= 0.6 is 11.3 Å². The molecule has 0 radical (unpaired) electrons. The van der Waals surface area contributed by atoms with Crippen molar-refractivity contribution in [2.24, 2.45) is 0 Å². The predicted octanol–water partition coefficient (Wildman–Crippen LogP) is 2.15. The highest BCUT2D eigenvalue weighted by atomic mass is 32.1. The Bertz CT molecular complexity index is 526. The minimum Gasteiger partial charge on any atom is -0.382 e. The maximum atomic E-state index is 5.68. The van der Waals surface area contributed by atoms with E-state index in [2.05, 4.69) is 27.4 Å². The van der Waals surface area contributed by atoms with Gasteiger partial charge in [0.1, 0.15) is 0 Å². The smallest absolute Gasteiger partial charge is 0.0983 e. The highest BCUT2D eigenvalue weighted by Gasteiger charge is 2.22. The number of methoxy groups -OCH3 is 1. The third-order valence-corrected chi connectivity index (χ3v) is 4.08. The summed E-state index contributed by atoms with van der Waals surface area (Å²) in [5, 5.41) is 2.09. The second-order valence-corrected chi connectivity index (χ2v) is 5.28. The molecule has 96 valence electrons. The summed E-state index contributed by atoms with van der Waals surface area (Å²) in [5.74, 6) is 0. The third kappa shape index (κ3) is 2.21. The quantitative estimate of drug-likeness (QED) is 0.851. The van der Waals surface area contributed by atoms with Crippen molar-refractivity contribution in [3.05, 3.63) is 23.7 Å². The summed E-state index contributed by atoms with van der Waals surface area (Å²) in [4.78, 5) is 6.75. The van der Waals surface area contributed by atoms with Crippen molar-refractivity contribution < 1.29 is 9.47 Å². The van der Waals surface area contributed by atoms with Crippen LogP contribution in [0.25, 0.3) is 10.2 Å². The van der Waals surface area contributed by atoms with Crippen molar-refractivity contribution in [1.82, 2.24) is 4.98 Å². The SMILES string of the molecule is COC[C@@H]1CN(c2ccnc3ccsc23)CCO1. The van der Waals surface area contributed by atoms with E-state index in [1.807, 2.05) is 6.20 Å². The minimum atomic E-state index is 0.159. The van der Waals surface area contributed by atoms with Crippen molar-refractivity contribution in [2.75, 3.05) is 38.3 Å². The summed E-state index contributed by atoms with van der Waals surface area (Å²) in [7, 11) is 1.71. The van der Waals surface area contributed by atoms with Crippen molar-refractivity contribution in [3.8, 4) is 0 Å². The van der Waals surface area contributed by atoms with Gasteiger partial charge < -0.3 is 14.4 Å². The summed E-state index contributed by atoms with van der Waals surface area (Å²) >= 11 is 1.75. The van der Waals surface area contributed by atoms with E-state index in [1.165, 1.54) is 10.4 Å². The Labute approximate surface area is 110 Å². The molecule has 0 N–H and O–H groups in total. The van der Waals surface area contributed by atoms with Gasteiger partial charge in [-0.25, -0.2) is 0 Å². The number of thiophene rings is 1. The average Bonchev–Trinajstić information content (AvgIpc) is 2.87. The van der Waals surface area contributed by atoms with Crippen LogP contribution in [0, 0.1) is 0 Å². The van der Waals surface area contributed by atoms with Crippen molar-refractivity contribution in [2.45, 2.75) is 6.10 Å². The zero-order valence-electron chi connectivity index (χ0n) is 10.3. The molecular formula is C13H16N2O2S. The second-order valence-electron chi connectivity index (χ2n) is 4.36. The van der Waals surface area contributed by atoms with Gasteiger partial charge >= 0.3 is 0 Å². The van der Waals surface area contributed by atoms with E-state index in [-0.39, 0.29) is 6.10 Å². The van der Waals surface area contributed by atoms with Gasteiger partial charge in [-0.05, 0) is 17.5 Å². The summed E-state index contributed by atoms with van der Waals surface area (Å²) in [6, 6.07) is 4.16. The van der Waals surface area contributed by atoms with Crippen molar-refractivity contribution in [1.29, 1.82) is 0 Å². The summed E-state index contributed by atoms with van der Waals surface area (Å²) < 4.78 is 12.1. The van der Waals surface area contributed by atoms with Crippen LogP contribution in [0.4, 0.5) is 5.69 Å². The standard InChI is InChI=1S/C13H16N2O2S/c1-16-9-10-8-15(5-6-17-10)12-2-4-14-11-3-7-18-13(11)12/h2-4,7,10H,5-6,8-9H2,1H3/t10-/m0/s1. The first-order chi connectivity index (χ1) is 8.88. The average molecular weight is 264 g/mol. The lowest BCUT2D eigenvalue weighted by atomic mass is 10.2. The van der Waals surface area contributed by atoms with E-state index in [0.717, 1.165) is 25.2 Å². The third-order valence-electron chi connectivity index (χ3n) is 3.16. The Morgan fingerprint density at radius 2 is 2.50 bits per heavy atom. The van der Waals surface area contributed by atoms with Crippen LogP contribution in [0.15, 0.2) is 23.7 Å². The molecule has 0 aromatic carbocycles. The molecule has 1 aliphatic heterocycles. The van der Waals surface area contributed by atoms with E-state index in [1.54, 1.807) is 18.4 Å². The molecule has 0 unspecified atom stereocenters. The molecule has 2 aromatic heterocycles. The normalized spacial score (nSPS) is 20.5. The maximum Gasteiger partial charge on any atom is 0.0983 e. The number of hydrogen-bond acceptors (Lipinski definition) is 5. The lowest BCUT2D eigenvalue weighted by Gasteiger charge is -2.34. The van der Waals surface area contributed by atoms with Crippen LogP contribution in [0.1, 0.15) is 0 Å². The van der Waals surface area contributed by atoms with Gasteiger partial charge in [0.05, 0.1) is 35.2 Å². The van der Waals surface area contributed by atoms with Crippen LogP contribution in [0.2, 0.25) is 0 Å². The molecule has 1 fully saturated rings. The van der Waals surface area contributed by atoms with E-state index < -0.39 is 0 Å². The van der Waals surface area contributed by atoms with Gasteiger partial charge in [-0.1, -0.05) is 0 Å². The Hall–Kier alpha value is -1.17. The molecule has 5 heteroatoms. The molecule has 1 aliphatic rings. The number of aromatic nitrogens is 1. The van der Waals surface area contributed by atoms with E-state index in [0.29, 0.717) is 6.61 Å². The van der Waals surface area contributed by atoms with E-state index in [4.69, 9.17) is 9.47 Å². The van der Waals surface area contributed by atoms with Gasteiger partial charge in [0.15, 0.2) is 0 Å². The summed E-state index contributed by atoms with van der Waals surface area (Å²) in [6.07, 6.45) is 2.04. The predicted molar refractivity (Wildman–Crippen MR) is 73.4 cm³/mol. The second kappa shape index (κ2) is 5.22. The van der Waals surface area contributed by atoms with Crippen LogP contribution in [0.3, 0.4) is 0 Å². The molecule has 0 bridgehead atoms. The first-order valence-electron chi connectivity index (χ1n) is 6.06. The fraction of sp³-hybridized carbons (Fsp3) is 0.462. The number of hydrogen-bond donors (Lipinski definition) is 0. The lowest BCUT2D eigenvalue weighted by molar-refractivity contribution is -0.00995. The zero-order chi connectivity index (χ0) is 12.4. The number of fused-ring (bicyclic) bond motifs is 1. The summed E-state index contributed by atoms with van der Waals surface area (Å²) in [5.41, 5.74) is 2.34. The van der Waals surface area contributed by atoms with Crippen molar-refractivity contribution >= 4 is 27.2 Å². The lowest BCUT2D eigenvalue weighted by Crippen LogP contribution is -2.44. The maximum absolute atomic E-state index is 5.68. The Morgan fingerprint density at radius 3 is 3.39 bits per heavy atom.